The van der Waals surface area contributed by atoms with E-state index < -0.39 is 23.1 Å². The van der Waals surface area contributed by atoms with Crippen LogP contribution in [0.25, 0.3) is 0 Å². The molecule has 1 aliphatic carbocycles. The molecule has 22 heavy (non-hydrogen) atoms. The van der Waals surface area contributed by atoms with E-state index in [0.717, 1.165) is 5.56 Å². The van der Waals surface area contributed by atoms with Gasteiger partial charge in [0.05, 0.1) is 11.5 Å². The highest BCUT2D eigenvalue weighted by Gasteiger charge is 2.51. The molecule has 5 heteroatoms. The Labute approximate surface area is 130 Å². The zero-order chi connectivity index (χ0) is 16.4. The largest absolute Gasteiger partial charge is 0.481 e. The SMILES string of the molecule is CC(C)(C)OC(=O)NC(CC1(C(=O)O)CC1)c1ccccc1. The lowest BCUT2D eigenvalue weighted by Crippen LogP contribution is -2.36. The van der Waals surface area contributed by atoms with Crippen molar-refractivity contribution in [2.45, 2.75) is 51.7 Å². The van der Waals surface area contributed by atoms with Crippen molar-refractivity contribution in [1.29, 1.82) is 0 Å². The van der Waals surface area contributed by atoms with Gasteiger partial charge in [-0.2, -0.15) is 0 Å². The van der Waals surface area contributed by atoms with Gasteiger partial charge < -0.3 is 15.2 Å². The van der Waals surface area contributed by atoms with Gasteiger partial charge in [0.2, 0.25) is 0 Å². The Morgan fingerprint density at radius 2 is 1.86 bits per heavy atom. The molecule has 1 amide bonds. The van der Waals surface area contributed by atoms with Crippen LogP contribution in [0.2, 0.25) is 0 Å². The van der Waals surface area contributed by atoms with Gasteiger partial charge in [-0.15, -0.1) is 0 Å². The number of carboxylic acids is 1. The Morgan fingerprint density at radius 1 is 1.27 bits per heavy atom. The third-order valence-corrected chi connectivity index (χ3v) is 3.79. The summed E-state index contributed by atoms with van der Waals surface area (Å²) in [6, 6.07) is 9.05. The second-order valence-electron chi connectivity index (χ2n) is 6.90. The van der Waals surface area contributed by atoms with Crippen molar-refractivity contribution in [3.05, 3.63) is 35.9 Å². The second-order valence-corrected chi connectivity index (χ2v) is 6.90. The van der Waals surface area contributed by atoms with E-state index in [4.69, 9.17) is 4.74 Å². The van der Waals surface area contributed by atoms with E-state index in [1.54, 1.807) is 20.8 Å². The average Bonchev–Trinajstić information content (AvgIpc) is 3.18. The molecule has 1 atom stereocenters. The topological polar surface area (TPSA) is 75.6 Å². The number of nitrogens with one attached hydrogen (secondary N) is 1. The molecule has 0 bridgehead atoms. The smallest absolute Gasteiger partial charge is 0.408 e. The van der Waals surface area contributed by atoms with Crippen molar-refractivity contribution in [3.8, 4) is 0 Å². The summed E-state index contributed by atoms with van der Waals surface area (Å²) >= 11 is 0. The number of amides is 1. The highest BCUT2D eigenvalue weighted by Crippen LogP contribution is 2.52. The van der Waals surface area contributed by atoms with Gasteiger partial charge in [-0.05, 0) is 45.6 Å². The summed E-state index contributed by atoms with van der Waals surface area (Å²) in [6.07, 6.45) is 1.16. The third kappa shape index (κ3) is 4.23. The minimum absolute atomic E-state index is 0.366. The van der Waals surface area contributed by atoms with Crippen molar-refractivity contribution < 1.29 is 19.4 Å². The molecule has 0 radical (unpaired) electrons. The molecular weight excluding hydrogens is 282 g/mol. The predicted octanol–water partition coefficient (Wildman–Crippen LogP) is 3.51. The summed E-state index contributed by atoms with van der Waals surface area (Å²) in [6.45, 7) is 5.39. The van der Waals surface area contributed by atoms with Gasteiger partial charge in [-0.25, -0.2) is 4.79 Å². The molecule has 1 aromatic carbocycles. The van der Waals surface area contributed by atoms with Gasteiger partial charge in [-0.1, -0.05) is 30.3 Å². The third-order valence-electron chi connectivity index (χ3n) is 3.79. The molecule has 0 heterocycles. The molecule has 120 valence electrons. The highest BCUT2D eigenvalue weighted by molar-refractivity contribution is 5.78. The number of hydrogen-bond acceptors (Lipinski definition) is 3. The van der Waals surface area contributed by atoms with Gasteiger partial charge in [0.15, 0.2) is 0 Å². The molecule has 0 spiro atoms. The maximum atomic E-state index is 12.0. The monoisotopic (exact) mass is 305 g/mol. The van der Waals surface area contributed by atoms with E-state index in [1.807, 2.05) is 30.3 Å². The lowest BCUT2D eigenvalue weighted by Gasteiger charge is -2.25. The summed E-state index contributed by atoms with van der Waals surface area (Å²) < 4.78 is 5.29. The molecule has 1 saturated carbocycles. The van der Waals surface area contributed by atoms with Crippen LogP contribution in [0.15, 0.2) is 30.3 Å². The number of carbonyl (C=O) groups is 2. The van der Waals surface area contributed by atoms with Crippen LogP contribution in [0, 0.1) is 5.41 Å². The van der Waals surface area contributed by atoms with Crippen molar-refractivity contribution in [3.63, 3.8) is 0 Å². The molecule has 2 rings (SSSR count). The van der Waals surface area contributed by atoms with Gasteiger partial charge in [0.25, 0.3) is 0 Å². The average molecular weight is 305 g/mol. The van der Waals surface area contributed by atoms with E-state index in [2.05, 4.69) is 5.32 Å². The Balaban J connectivity index is 2.13. The first kappa shape index (κ1) is 16.3. The minimum Gasteiger partial charge on any atom is -0.481 e. The number of carbonyl (C=O) groups excluding carboxylic acids is 1. The maximum Gasteiger partial charge on any atom is 0.408 e. The first-order chi connectivity index (χ1) is 10.2. The Morgan fingerprint density at radius 3 is 2.32 bits per heavy atom. The number of aliphatic carboxylic acids is 1. The number of hydrogen-bond donors (Lipinski definition) is 2. The molecule has 1 fully saturated rings. The Bertz CT molecular complexity index is 544. The molecular formula is C17H23NO4. The summed E-state index contributed by atoms with van der Waals surface area (Å²) in [5.74, 6) is -0.792. The van der Waals surface area contributed by atoms with E-state index in [-0.39, 0.29) is 6.04 Å². The van der Waals surface area contributed by atoms with Crippen LogP contribution < -0.4 is 5.32 Å². The van der Waals surface area contributed by atoms with Crippen LogP contribution >= 0.6 is 0 Å². The lowest BCUT2D eigenvalue weighted by molar-refractivity contribution is -0.143. The summed E-state index contributed by atoms with van der Waals surface area (Å²) in [4.78, 5) is 23.5. The maximum absolute atomic E-state index is 12.0. The first-order valence-electron chi connectivity index (χ1n) is 7.50. The Kier molecular flexibility index (Phi) is 4.44. The van der Waals surface area contributed by atoms with Gasteiger partial charge in [0.1, 0.15) is 5.60 Å². The number of carboxylic acid groups (broad SMARTS) is 1. The summed E-state index contributed by atoms with van der Waals surface area (Å²) in [7, 11) is 0. The fraction of sp³-hybridized carbons (Fsp3) is 0.529. The predicted molar refractivity (Wildman–Crippen MR) is 82.5 cm³/mol. The van der Waals surface area contributed by atoms with E-state index in [1.165, 1.54) is 0 Å². The standard InChI is InChI=1S/C17H23NO4/c1-16(2,3)22-15(21)18-13(12-7-5-4-6-8-12)11-17(9-10-17)14(19)20/h4-8,13H,9-11H2,1-3H3,(H,18,21)(H,19,20). The lowest BCUT2D eigenvalue weighted by atomic mass is 9.92. The fourth-order valence-electron chi connectivity index (χ4n) is 2.43. The molecule has 5 nitrogen and oxygen atoms in total. The summed E-state index contributed by atoms with van der Waals surface area (Å²) in [5.41, 5.74) is -0.411. The molecule has 1 unspecified atom stereocenters. The molecule has 0 aliphatic heterocycles. The van der Waals surface area contributed by atoms with Gasteiger partial charge >= 0.3 is 12.1 Å². The first-order valence-corrected chi connectivity index (χ1v) is 7.50. The molecule has 0 aromatic heterocycles. The van der Waals surface area contributed by atoms with E-state index in [0.29, 0.717) is 19.3 Å². The zero-order valence-corrected chi connectivity index (χ0v) is 13.3. The van der Waals surface area contributed by atoms with Crippen LogP contribution in [0.4, 0.5) is 4.79 Å². The van der Waals surface area contributed by atoms with Crippen LogP contribution in [0.1, 0.15) is 51.6 Å². The van der Waals surface area contributed by atoms with Crippen LogP contribution in [0.5, 0.6) is 0 Å². The molecule has 1 aromatic rings. The molecule has 0 saturated heterocycles. The van der Waals surface area contributed by atoms with Crippen molar-refractivity contribution >= 4 is 12.1 Å². The van der Waals surface area contributed by atoms with Gasteiger partial charge in [0, 0.05) is 0 Å². The fourth-order valence-corrected chi connectivity index (χ4v) is 2.43. The normalized spacial score (nSPS) is 17.4. The van der Waals surface area contributed by atoms with E-state index in [9.17, 15) is 14.7 Å². The quantitative estimate of drug-likeness (QED) is 0.873. The van der Waals surface area contributed by atoms with Crippen LogP contribution in [-0.4, -0.2) is 22.8 Å². The number of rotatable bonds is 5. The minimum atomic E-state index is -0.792. The van der Waals surface area contributed by atoms with Crippen molar-refractivity contribution in [1.82, 2.24) is 5.32 Å². The van der Waals surface area contributed by atoms with Crippen molar-refractivity contribution in [2.24, 2.45) is 5.41 Å². The molecule has 2 N–H and O–H groups in total. The van der Waals surface area contributed by atoms with Crippen LogP contribution in [0.3, 0.4) is 0 Å². The zero-order valence-electron chi connectivity index (χ0n) is 13.3. The number of alkyl carbamates (subject to hydrolysis) is 1. The molecule has 1 aliphatic rings. The number of benzene rings is 1. The van der Waals surface area contributed by atoms with Crippen molar-refractivity contribution in [2.75, 3.05) is 0 Å². The number of ether oxygens (including phenoxy) is 1. The highest BCUT2D eigenvalue weighted by atomic mass is 16.6. The summed E-state index contributed by atoms with van der Waals surface area (Å²) in [5, 5.41) is 12.2. The second kappa shape index (κ2) is 5.99. The van der Waals surface area contributed by atoms with Gasteiger partial charge in [-0.3, -0.25) is 4.79 Å². The van der Waals surface area contributed by atoms with Crippen LogP contribution in [-0.2, 0) is 9.53 Å². The Hall–Kier alpha value is -2.04. The van der Waals surface area contributed by atoms with E-state index >= 15 is 0 Å².